The minimum atomic E-state index is -0.467. The van der Waals surface area contributed by atoms with E-state index in [0.717, 1.165) is 17.7 Å². The van der Waals surface area contributed by atoms with Crippen LogP contribution < -0.4 is 4.74 Å². The van der Waals surface area contributed by atoms with Gasteiger partial charge in [0.05, 0.1) is 10.9 Å². The van der Waals surface area contributed by atoms with E-state index in [9.17, 15) is 4.39 Å². The third kappa shape index (κ3) is 3.57. The van der Waals surface area contributed by atoms with E-state index in [1.54, 1.807) is 6.07 Å². The van der Waals surface area contributed by atoms with Gasteiger partial charge in [-0.3, -0.25) is 0 Å². The van der Waals surface area contributed by atoms with Crippen LogP contribution in [0.5, 0.6) is 5.75 Å². The van der Waals surface area contributed by atoms with Gasteiger partial charge in [0, 0.05) is 23.0 Å². The van der Waals surface area contributed by atoms with Crippen LogP contribution in [0.3, 0.4) is 0 Å². The van der Waals surface area contributed by atoms with Gasteiger partial charge in [0.1, 0.15) is 5.60 Å². The van der Waals surface area contributed by atoms with Crippen molar-refractivity contribution in [3.05, 3.63) is 97.3 Å². The van der Waals surface area contributed by atoms with E-state index < -0.39 is 5.60 Å². The second-order valence-corrected chi connectivity index (χ2v) is 11.3. The molecule has 2 fully saturated rings. The van der Waals surface area contributed by atoms with Gasteiger partial charge in [0.15, 0.2) is 26.3 Å². The predicted octanol–water partition coefficient (Wildman–Crippen LogP) is 6.89. The Bertz CT molecular complexity index is 1000. The van der Waals surface area contributed by atoms with Crippen molar-refractivity contribution >= 4 is 22.7 Å². The number of benzene rings is 3. The molecule has 2 aliphatic heterocycles. The topological polar surface area (TPSA) is 9.23 Å². The maximum absolute atomic E-state index is 14.9. The Hall–Kier alpha value is -2.17. The molecule has 4 heteroatoms. The molecule has 30 heavy (non-hydrogen) atoms. The summed E-state index contributed by atoms with van der Waals surface area (Å²) in [5, 5.41) is 0.965. The van der Waals surface area contributed by atoms with Crippen LogP contribution in [0, 0.1) is 5.82 Å². The first-order valence-corrected chi connectivity index (χ1v) is 12.5. The van der Waals surface area contributed by atoms with Crippen molar-refractivity contribution in [3.8, 4) is 5.75 Å². The molecule has 0 N–H and O–H groups in total. The van der Waals surface area contributed by atoms with E-state index in [1.165, 1.54) is 16.2 Å². The third-order valence-electron chi connectivity index (χ3n) is 5.94. The van der Waals surface area contributed by atoms with E-state index in [4.69, 9.17) is 4.74 Å². The van der Waals surface area contributed by atoms with Gasteiger partial charge in [-0.2, -0.15) is 11.8 Å². The smallest absolute Gasteiger partial charge is 0.170 e. The Morgan fingerprint density at radius 2 is 1.60 bits per heavy atom. The molecule has 5 rings (SSSR count). The van der Waals surface area contributed by atoms with Crippen molar-refractivity contribution in [2.75, 3.05) is 0 Å². The quantitative estimate of drug-likeness (QED) is 0.308. The van der Waals surface area contributed by atoms with Crippen LogP contribution in [-0.2, 0) is 10.9 Å². The molecule has 0 radical (unpaired) electrons. The highest BCUT2D eigenvalue weighted by Gasteiger charge is 2.52. The lowest BCUT2D eigenvalue weighted by Gasteiger charge is -2.34. The van der Waals surface area contributed by atoms with Crippen LogP contribution in [0.25, 0.3) is 0 Å². The lowest BCUT2D eigenvalue weighted by Crippen LogP contribution is -2.42. The van der Waals surface area contributed by atoms with Crippen molar-refractivity contribution in [1.29, 1.82) is 0 Å². The Morgan fingerprint density at radius 1 is 0.933 bits per heavy atom. The maximum atomic E-state index is 14.9. The van der Waals surface area contributed by atoms with E-state index in [2.05, 4.69) is 55.1 Å². The van der Waals surface area contributed by atoms with E-state index in [1.807, 2.05) is 42.1 Å². The molecule has 3 aromatic carbocycles. The Balaban J connectivity index is 1.55. The van der Waals surface area contributed by atoms with Gasteiger partial charge in [-0.1, -0.05) is 43.0 Å². The Labute approximate surface area is 184 Å². The number of hydrogen-bond acceptors (Lipinski definition) is 2. The molecular formula is C26H24FOS2+. The highest BCUT2D eigenvalue weighted by Crippen LogP contribution is 2.54. The summed E-state index contributed by atoms with van der Waals surface area (Å²) >= 11 is 1.98. The number of hydrogen-bond donors (Lipinski definition) is 0. The molecule has 2 saturated heterocycles. The molecule has 3 aromatic rings. The maximum Gasteiger partial charge on any atom is 0.170 e. The van der Waals surface area contributed by atoms with Crippen LogP contribution in [0.15, 0.2) is 106 Å². The molecule has 2 heterocycles. The minimum Gasteiger partial charge on any atom is -0.479 e. The van der Waals surface area contributed by atoms with Gasteiger partial charge >= 0.3 is 0 Å². The average Bonchev–Trinajstić information content (AvgIpc) is 3.39. The second kappa shape index (κ2) is 8.16. The zero-order valence-electron chi connectivity index (χ0n) is 16.7. The molecule has 2 aliphatic rings. The van der Waals surface area contributed by atoms with Crippen LogP contribution in [0.2, 0.25) is 0 Å². The van der Waals surface area contributed by atoms with Gasteiger partial charge in [-0.15, -0.1) is 0 Å². The summed E-state index contributed by atoms with van der Waals surface area (Å²) in [6, 6.07) is 26.2. The monoisotopic (exact) mass is 435 g/mol. The molecule has 3 atom stereocenters. The Kier molecular flexibility index (Phi) is 5.38. The van der Waals surface area contributed by atoms with Gasteiger partial charge < -0.3 is 4.74 Å². The second-order valence-electron chi connectivity index (χ2n) is 7.81. The molecule has 1 nitrogen and oxygen atoms in total. The predicted molar refractivity (Wildman–Crippen MR) is 124 cm³/mol. The number of thioether (sulfide) groups is 1. The summed E-state index contributed by atoms with van der Waals surface area (Å²) in [4.78, 5) is 3.46. The van der Waals surface area contributed by atoms with Crippen LogP contribution in [0.1, 0.15) is 19.3 Å². The highest BCUT2D eigenvalue weighted by atomic mass is 32.2. The van der Waals surface area contributed by atoms with Crippen molar-refractivity contribution < 1.29 is 9.13 Å². The largest absolute Gasteiger partial charge is 0.479 e. The fraction of sp³-hybridized carbons (Fsp3) is 0.231. The lowest BCUT2D eigenvalue weighted by molar-refractivity contribution is 0.0942. The van der Waals surface area contributed by atoms with Crippen LogP contribution >= 0.6 is 11.8 Å². The number of ether oxygens (including phenoxy) is 1. The summed E-state index contributed by atoms with van der Waals surface area (Å²) in [6.45, 7) is 4.05. The minimum absolute atomic E-state index is 0.308. The summed E-state index contributed by atoms with van der Waals surface area (Å²) in [5.74, 6) is 0.0299. The van der Waals surface area contributed by atoms with E-state index >= 15 is 0 Å². The highest BCUT2D eigenvalue weighted by molar-refractivity contribution is 8.01. The Morgan fingerprint density at radius 3 is 2.13 bits per heavy atom. The SMILES string of the molecule is C=CC1(Oc2cc([S+](c3ccccc3)c3ccccc3)ccc2F)CC2CCC1S2. The number of fused-ring (bicyclic) bond motifs is 2. The van der Waals surface area contributed by atoms with E-state index in [-0.39, 0.29) is 16.7 Å². The normalized spacial score (nSPS) is 24.9. The number of halogens is 1. The van der Waals surface area contributed by atoms with Gasteiger partial charge in [-0.25, -0.2) is 4.39 Å². The molecular weight excluding hydrogens is 411 g/mol. The van der Waals surface area contributed by atoms with Crippen molar-refractivity contribution in [1.82, 2.24) is 0 Å². The van der Waals surface area contributed by atoms with Gasteiger partial charge in [0.2, 0.25) is 0 Å². The molecule has 0 saturated carbocycles. The fourth-order valence-corrected chi connectivity index (χ4v) is 8.42. The summed E-state index contributed by atoms with van der Waals surface area (Å²) in [6.07, 6.45) is 5.16. The molecule has 3 unspecified atom stereocenters. The third-order valence-corrected chi connectivity index (χ3v) is 9.90. The zero-order valence-corrected chi connectivity index (χ0v) is 18.3. The molecule has 0 aromatic heterocycles. The van der Waals surface area contributed by atoms with Gasteiger partial charge in [0.25, 0.3) is 0 Å². The van der Waals surface area contributed by atoms with Crippen molar-refractivity contribution in [3.63, 3.8) is 0 Å². The average molecular weight is 436 g/mol. The molecule has 152 valence electrons. The first-order valence-electron chi connectivity index (χ1n) is 10.3. The standard InChI is InChI=1S/C26H24FOS2/c1-2-26(18-19-13-16-25(26)29-19)28-24-17-22(14-15-23(24)27)30(20-9-5-3-6-10-20)21-11-7-4-8-12-21/h2-12,14-15,17,19,25H,1,13,16,18H2/q+1. The van der Waals surface area contributed by atoms with Gasteiger partial charge in [-0.05, 0) is 55.3 Å². The molecule has 0 amide bonds. The summed E-state index contributed by atoms with van der Waals surface area (Å²) in [7, 11) is -0.331. The molecule has 0 spiro atoms. The van der Waals surface area contributed by atoms with Crippen molar-refractivity contribution in [2.24, 2.45) is 0 Å². The zero-order chi connectivity index (χ0) is 20.6. The van der Waals surface area contributed by atoms with Crippen LogP contribution in [0.4, 0.5) is 4.39 Å². The van der Waals surface area contributed by atoms with Crippen LogP contribution in [-0.4, -0.2) is 16.1 Å². The summed E-state index contributed by atoms with van der Waals surface area (Å²) in [5.41, 5.74) is -0.467. The molecule has 0 aliphatic carbocycles. The molecule has 2 bridgehead atoms. The summed E-state index contributed by atoms with van der Waals surface area (Å²) < 4.78 is 21.3. The van der Waals surface area contributed by atoms with Crippen molar-refractivity contribution in [2.45, 2.75) is 50.0 Å². The first-order chi connectivity index (χ1) is 14.7. The fourth-order valence-electron chi connectivity index (χ4n) is 4.48. The lowest BCUT2D eigenvalue weighted by atomic mass is 9.84. The van der Waals surface area contributed by atoms with E-state index in [0.29, 0.717) is 16.2 Å². The number of rotatable bonds is 6. The first kappa shape index (κ1) is 19.8.